The van der Waals surface area contributed by atoms with Crippen molar-refractivity contribution in [2.24, 2.45) is 5.92 Å². The average Bonchev–Trinajstić information content (AvgIpc) is 2.38. The van der Waals surface area contributed by atoms with Gasteiger partial charge >= 0.3 is 0 Å². The number of hydrogen-bond donors (Lipinski definition) is 0. The van der Waals surface area contributed by atoms with Gasteiger partial charge in [0.15, 0.2) is 6.29 Å². The predicted octanol–water partition coefficient (Wildman–Crippen LogP) is 4.28. The van der Waals surface area contributed by atoms with Gasteiger partial charge in [0, 0.05) is 28.8 Å². The van der Waals surface area contributed by atoms with Gasteiger partial charge in [0.2, 0.25) is 0 Å². The molecule has 98 valence electrons. The normalized spacial score (nSPS) is 23.7. The van der Waals surface area contributed by atoms with Crippen LogP contribution < -0.4 is 4.90 Å². The first-order chi connectivity index (χ1) is 8.63. The number of aldehydes is 1. The van der Waals surface area contributed by atoms with Gasteiger partial charge in [0.05, 0.1) is 0 Å². The molecule has 0 aliphatic heterocycles. The molecule has 0 radical (unpaired) electrons. The lowest BCUT2D eigenvalue weighted by Crippen LogP contribution is -2.39. The highest BCUT2D eigenvalue weighted by Crippen LogP contribution is 2.32. The Morgan fingerprint density at radius 2 is 2.06 bits per heavy atom. The SMILES string of the molecule is CC1CCCCC1N(C)c1cc(Br)ccc1C=O. The highest BCUT2D eigenvalue weighted by Gasteiger charge is 2.26. The van der Waals surface area contributed by atoms with Gasteiger partial charge in [-0.3, -0.25) is 4.79 Å². The number of rotatable bonds is 3. The largest absolute Gasteiger partial charge is 0.371 e. The highest BCUT2D eigenvalue weighted by atomic mass is 79.9. The molecule has 2 rings (SSSR count). The van der Waals surface area contributed by atoms with Gasteiger partial charge < -0.3 is 4.90 Å². The molecule has 2 unspecified atom stereocenters. The predicted molar refractivity (Wildman–Crippen MR) is 79.4 cm³/mol. The van der Waals surface area contributed by atoms with Crippen molar-refractivity contribution in [2.45, 2.75) is 38.6 Å². The van der Waals surface area contributed by atoms with Crippen molar-refractivity contribution in [2.75, 3.05) is 11.9 Å². The fourth-order valence-corrected chi connectivity index (χ4v) is 3.32. The summed E-state index contributed by atoms with van der Waals surface area (Å²) in [7, 11) is 2.11. The monoisotopic (exact) mass is 309 g/mol. The molecule has 1 aliphatic carbocycles. The molecule has 0 bridgehead atoms. The molecule has 1 aliphatic rings. The fourth-order valence-electron chi connectivity index (χ4n) is 2.97. The van der Waals surface area contributed by atoms with Gasteiger partial charge in [-0.1, -0.05) is 35.7 Å². The lowest BCUT2D eigenvalue weighted by Gasteiger charge is -2.38. The molecule has 3 heteroatoms. The van der Waals surface area contributed by atoms with Crippen molar-refractivity contribution in [1.29, 1.82) is 0 Å². The third kappa shape index (κ3) is 2.77. The topological polar surface area (TPSA) is 20.3 Å². The van der Waals surface area contributed by atoms with E-state index in [1.807, 2.05) is 18.2 Å². The van der Waals surface area contributed by atoms with E-state index in [0.29, 0.717) is 12.0 Å². The minimum Gasteiger partial charge on any atom is -0.371 e. The number of carbonyl (C=O) groups is 1. The zero-order chi connectivity index (χ0) is 13.1. The lowest BCUT2D eigenvalue weighted by molar-refractivity contribution is 0.112. The Morgan fingerprint density at radius 3 is 2.72 bits per heavy atom. The van der Waals surface area contributed by atoms with Crippen LogP contribution in [0, 0.1) is 5.92 Å². The minimum atomic E-state index is 0.548. The minimum absolute atomic E-state index is 0.548. The molecule has 1 saturated carbocycles. The molecule has 0 spiro atoms. The van der Waals surface area contributed by atoms with E-state index in [0.717, 1.165) is 22.0 Å². The quantitative estimate of drug-likeness (QED) is 0.777. The molecule has 0 saturated heterocycles. The summed E-state index contributed by atoms with van der Waals surface area (Å²) in [5.41, 5.74) is 1.82. The van der Waals surface area contributed by atoms with Crippen LogP contribution in [0.4, 0.5) is 5.69 Å². The molecule has 0 amide bonds. The van der Waals surface area contributed by atoms with Gasteiger partial charge in [-0.2, -0.15) is 0 Å². The van der Waals surface area contributed by atoms with Crippen molar-refractivity contribution in [1.82, 2.24) is 0 Å². The second kappa shape index (κ2) is 5.87. The van der Waals surface area contributed by atoms with Crippen LogP contribution in [-0.4, -0.2) is 19.4 Å². The number of hydrogen-bond acceptors (Lipinski definition) is 2. The third-order valence-electron chi connectivity index (χ3n) is 4.06. The van der Waals surface area contributed by atoms with Crippen LogP contribution >= 0.6 is 15.9 Å². The van der Waals surface area contributed by atoms with Crippen LogP contribution in [0.3, 0.4) is 0 Å². The first-order valence-electron chi connectivity index (χ1n) is 6.61. The van der Waals surface area contributed by atoms with Crippen molar-refractivity contribution >= 4 is 27.9 Å². The Morgan fingerprint density at radius 1 is 1.33 bits per heavy atom. The summed E-state index contributed by atoms with van der Waals surface area (Å²) in [5, 5.41) is 0. The van der Waals surface area contributed by atoms with Crippen LogP contribution in [0.2, 0.25) is 0 Å². The maximum atomic E-state index is 11.2. The summed E-state index contributed by atoms with van der Waals surface area (Å²) >= 11 is 3.49. The van der Waals surface area contributed by atoms with Crippen LogP contribution in [-0.2, 0) is 0 Å². The Kier molecular flexibility index (Phi) is 4.44. The van der Waals surface area contributed by atoms with E-state index in [4.69, 9.17) is 0 Å². The molecule has 0 aromatic heterocycles. The summed E-state index contributed by atoms with van der Waals surface area (Å²) in [5.74, 6) is 0.697. The number of benzene rings is 1. The summed E-state index contributed by atoms with van der Waals surface area (Å²) in [6.07, 6.45) is 6.10. The lowest BCUT2D eigenvalue weighted by atomic mass is 9.84. The third-order valence-corrected chi connectivity index (χ3v) is 4.56. The number of carbonyl (C=O) groups excluding carboxylic acids is 1. The Labute approximate surface area is 117 Å². The van der Waals surface area contributed by atoms with Gasteiger partial charge in [-0.05, 0) is 37.0 Å². The van der Waals surface area contributed by atoms with E-state index < -0.39 is 0 Å². The van der Waals surface area contributed by atoms with Gasteiger partial charge in [0.25, 0.3) is 0 Å². The van der Waals surface area contributed by atoms with Crippen LogP contribution in [0.15, 0.2) is 22.7 Å². The maximum absolute atomic E-state index is 11.2. The van der Waals surface area contributed by atoms with Crippen molar-refractivity contribution in [3.8, 4) is 0 Å². The van der Waals surface area contributed by atoms with Gasteiger partial charge in [0.1, 0.15) is 0 Å². The number of anilines is 1. The smallest absolute Gasteiger partial charge is 0.152 e. The van der Waals surface area contributed by atoms with Gasteiger partial charge in [-0.15, -0.1) is 0 Å². The summed E-state index contributed by atoms with van der Waals surface area (Å²) < 4.78 is 1.03. The maximum Gasteiger partial charge on any atom is 0.152 e. The number of halogens is 1. The van der Waals surface area contributed by atoms with E-state index >= 15 is 0 Å². The summed E-state index contributed by atoms with van der Waals surface area (Å²) in [6.45, 7) is 2.32. The first kappa shape index (κ1) is 13.6. The fraction of sp³-hybridized carbons (Fsp3) is 0.533. The van der Waals surface area contributed by atoms with Crippen LogP contribution in [0.5, 0.6) is 0 Å². The average molecular weight is 310 g/mol. The van der Waals surface area contributed by atoms with E-state index in [1.165, 1.54) is 25.7 Å². The van der Waals surface area contributed by atoms with E-state index in [2.05, 4.69) is 34.8 Å². The molecular weight excluding hydrogens is 290 g/mol. The first-order valence-corrected chi connectivity index (χ1v) is 7.40. The van der Waals surface area contributed by atoms with E-state index in [9.17, 15) is 4.79 Å². The summed E-state index contributed by atoms with van der Waals surface area (Å²) in [6, 6.07) is 6.40. The second-order valence-corrected chi connectivity index (χ2v) is 6.18. The Bertz CT molecular complexity index is 433. The highest BCUT2D eigenvalue weighted by molar-refractivity contribution is 9.10. The molecule has 0 N–H and O–H groups in total. The Hall–Kier alpha value is -0.830. The van der Waals surface area contributed by atoms with E-state index in [-0.39, 0.29) is 0 Å². The van der Waals surface area contributed by atoms with Crippen molar-refractivity contribution < 1.29 is 4.79 Å². The Balaban J connectivity index is 2.29. The van der Waals surface area contributed by atoms with Crippen LogP contribution in [0.25, 0.3) is 0 Å². The van der Waals surface area contributed by atoms with E-state index in [1.54, 1.807) is 0 Å². The molecule has 1 aromatic rings. The van der Waals surface area contributed by atoms with Crippen molar-refractivity contribution in [3.63, 3.8) is 0 Å². The second-order valence-electron chi connectivity index (χ2n) is 5.26. The van der Waals surface area contributed by atoms with Gasteiger partial charge in [-0.25, -0.2) is 0 Å². The molecule has 1 aromatic carbocycles. The molecule has 2 nitrogen and oxygen atoms in total. The molecule has 2 atom stereocenters. The zero-order valence-electron chi connectivity index (χ0n) is 11.0. The molecule has 0 heterocycles. The molecule has 18 heavy (non-hydrogen) atoms. The molecular formula is C15H20BrNO. The standard InChI is InChI=1S/C15H20BrNO/c1-11-5-3-4-6-14(11)17(2)15-9-13(16)8-7-12(15)10-18/h7-11,14H,3-6H2,1-2H3. The number of nitrogens with zero attached hydrogens (tertiary/aromatic N) is 1. The summed E-state index contributed by atoms with van der Waals surface area (Å²) in [4.78, 5) is 13.5. The van der Waals surface area contributed by atoms with Crippen molar-refractivity contribution in [3.05, 3.63) is 28.2 Å². The molecule has 1 fully saturated rings. The van der Waals surface area contributed by atoms with Crippen LogP contribution in [0.1, 0.15) is 43.0 Å². The zero-order valence-corrected chi connectivity index (χ0v) is 12.6.